The van der Waals surface area contributed by atoms with Crippen molar-refractivity contribution in [1.82, 2.24) is 24.8 Å². The summed E-state index contributed by atoms with van der Waals surface area (Å²) in [4.78, 5) is 17.1. The van der Waals surface area contributed by atoms with Gasteiger partial charge in [-0.25, -0.2) is 4.39 Å². The number of rotatable bonds is 5. The maximum Gasteiger partial charge on any atom is 0.230 e. The molecule has 1 atom stereocenters. The minimum absolute atomic E-state index is 0.174. The smallest absolute Gasteiger partial charge is 0.230 e. The summed E-state index contributed by atoms with van der Waals surface area (Å²) in [6, 6.07) is 5.43. The van der Waals surface area contributed by atoms with E-state index >= 15 is 0 Å². The van der Waals surface area contributed by atoms with E-state index < -0.39 is 6.67 Å². The Labute approximate surface area is 149 Å². The number of hydrogen-bond donors (Lipinski definition) is 0. The van der Waals surface area contributed by atoms with Gasteiger partial charge in [-0.2, -0.15) is 10.1 Å². The number of piperidine rings is 1. The quantitative estimate of drug-likeness (QED) is 0.656. The summed E-state index contributed by atoms with van der Waals surface area (Å²) in [5.41, 5.74) is 1.66. The number of fused-ring (bicyclic) bond motifs is 1. The Morgan fingerprint density at radius 1 is 1.38 bits per heavy atom. The molecule has 136 valence electrons. The zero-order valence-corrected chi connectivity index (χ0v) is 14.5. The lowest BCUT2D eigenvalue weighted by atomic mass is 9.97. The second-order valence-electron chi connectivity index (χ2n) is 6.74. The third-order valence-corrected chi connectivity index (χ3v) is 4.97. The molecule has 3 heterocycles. The van der Waals surface area contributed by atoms with Gasteiger partial charge in [-0.3, -0.25) is 9.48 Å². The minimum atomic E-state index is -0.479. The maximum atomic E-state index is 13.0. The van der Waals surface area contributed by atoms with Gasteiger partial charge < -0.3 is 9.42 Å². The first-order valence-electron chi connectivity index (χ1n) is 8.76. The highest BCUT2D eigenvalue weighted by atomic mass is 19.1. The number of aromatic nitrogens is 4. The van der Waals surface area contributed by atoms with Crippen LogP contribution in [0.25, 0.3) is 22.3 Å². The predicted octanol–water partition coefficient (Wildman–Crippen LogP) is 2.95. The van der Waals surface area contributed by atoms with Gasteiger partial charge in [-0.15, -0.1) is 0 Å². The Morgan fingerprint density at radius 3 is 2.92 bits per heavy atom. The van der Waals surface area contributed by atoms with Crippen molar-refractivity contribution in [3.05, 3.63) is 30.3 Å². The molecule has 1 aromatic carbocycles. The standard InChI is InChI=1S/C18H20FN5O2/c1-12(9-19)24-16-8-14(2-3-15(16)10-20-24)17-21-18(26-22-17)13-4-6-23(11-25)7-5-13/h2-3,8,10-13H,4-7,9H2,1H3. The van der Waals surface area contributed by atoms with Crippen LogP contribution in [0.5, 0.6) is 0 Å². The second kappa shape index (κ2) is 6.86. The van der Waals surface area contributed by atoms with Crippen LogP contribution >= 0.6 is 0 Å². The highest BCUT2D eigenvalue weighted by Gasteiger charge is 2.25. The molecule has 0 aliphatic carbocycles. The number of hydrogen-bond acceptors (Lipinski definition) is 5. The number of carbonyl (C=O) groups is 1. The molecule has 1 aliphatic rings. The van der Waals surface area contributed by atoms with Gasteiger partial charge in [0.25, 0.3) is 0 Å². The van der Waals surface area contributed by atoms with Gasteiger partial charge in [0.05, 0.1) is 17.8 Å². The van der Waals surface area contributed by atoms with E-state index in [2.05, 4.69) is 15.2 Å². The van der Waals surface area contributed by atoms with Gasteiger partial charge in [0.2, 0.25) is 18.1 Å². The Morgan fingerprint density at radius 2 is 2.19 bits per heavy atom. The first-order chi connectivity index (χ1) is 12.7. The van der Waals surface area contributed by atoms with Crippen LogP contribution in [0.3, 0.4) is 0 Å². The van der Waals surface area contributed by atoms with Gasteiger partial charge >= 0.3 is 0 Å². The zero-order chi connectivity index (χ0) is 18.1. The number of nitrogens with zero attached hydrogens (tertiary/aromatic N) is 5. The van der Waals surface area contributed by atoms with Crippen molar-refractivity contribution in [2.75, 3.05) is 19.8 Å². The molecular weight excluding hydrogens is 337 g/mol. The fourth-order valence-corrected chi connectivity index (χ4v) is 3.36. The lowest BCUT2D eigenvalue weighted by Gasteiger charge is -2.26. The van der Waals surface area contributed by atoms with E-state index in [0.29, 0.717) is 24.8 Å². The van der Waals surface area contributed by atoms with E-state index in [9.17, 15) is 9.18 Å². The Hall–Kier alpha value is -2.77. The summed E-state index contributed by atoms with van der Waals surface area (Å²) >= 11 is 0. The average Bonchev–Trinajstić information content (AvgIpc) is 3.34. The molecule has 0 spiro atoms. The molecule has 1 unspecified atom stereocenters. The van der Waals surface area contributed by atoms with E-state index in [1.54, 1.807) is 22.7 Å². The monoisotopic (exact) mass is 357 g/mol. The lowest BCUT2D eigenvalue weighted by molar-refractivity contribution is -0.119. The molecular formula is C18H20FN5O2. The summed E-state index contributed by atoms with van der Waals surface area (Å²) in [5.74, 6) is 1.30. The Bertz CT molecular complexity index is 913. The summed E-state index contributed by atoms with van der Waals surface area (Å²) in [6.07, 6.45) is 4.25. The van der Waals surface area contributed by atoms with Crippen LogP contribution in [0.15, 0.2) is 28.9 Å². The fourth-order valence-electron chi connectivity index (χ4n) is 3.36. The van der Waals surface area contributed by atoms with Gasteiger partial charge in [0.15, 0.2) is 0 Å². The molecule has 0 bridgehead atoms. The highest BCUT2D eigenvalue weighted by molar-refractivity contribution is 5.83. The summed E-state index contributed by atoms with van der Waals surface area (Å²) in [5, 5.41) is 9.33. The first kappa shape index (κ1) is 16.7. The Kier molecular flexibility index (Phi) is 4.40. The molecule has 4 rings (SSSR count). The molecule has 1 fully saturated rings. The molecule has 7 nitrogen and oxygen atoms in total. The van der Waals surface area contributed by atoms with Crippen LogP contribution in [-0.4, -0.2) is 51.0 Å². The van der Waals surface area contributed by atoms with E-state index in [4.69, 9.17) is 4.52 Å². The minimum Gasteiger partial charge on any atom is -0.345 e. The third kappa shape index (κ3) is 2.95. The van der Waals surface area contributed by atoms with Crippen molar-refractivity contribution in [3.63, 3.8) is 0 Å². The van der Waals surface area contributed by atoms with Crippen LogP contribution in [0, 0.1) is 0 Å². The molecule has 3 aromatic rings. The molecule has 8 heteroatoms. The normalized spacial score (nSPS) is 16.9. The Balaban J connectivity index is 1.60. The second-order valence-corrected chi connectivity index (χ2v) is 6.74. The van der Waals surface area contributed by atoms with Crippen molar-refractivity contribution in [2.45, 2.75) is 31.7 Å². The van der Waals surface area contributed by atoms with E-state index in [0.717, 1.165) is 35.7 Å². The average molecular weight is 357 g/mol. The number of alkyl halides is 1. The van der Waals surface area contributed by atoms with E-state index in [1.807, 2.05) is 18.2 Å². The lowest BCUT2D eigenvalue weighted by Crippen LogP contribution is -2.31. The molecule has 2 aromatic heterocycles. The number of likely N-dealkylation sites (tertiary alicyclic amines) is 1. The first-order valence-corrected chi connectivity index (χ1v) is 8.76. The summed E-state index contributed by atoms with van der Waals surface area (Å²) in [7, 11) is 0. The number of amides is 1. The van der Waals surface area contributed by atoms with Gasteiger partial charge in [-0.05, 0) is 25.8 Å². The number of benzene rings is 1. The van der Waals surface area contributed by atoms with Crippen LogP contribution in [0.2, 0.25) is 0 Å². The van der Waals surface area contributed by atoms with Crippen LogP contribution < -0.4 is 0 Å². The van der Waals surface area contributed by atoms with Gasteiger partial charge in [0.1, 0.15) is 6.67 Å². The molecule has 0 saturated carbocycles. The van der Waals surface area contributed by atoms with Crippen molar-refractivity contribution < 1.29 is 13.7 Å². The molecule has 0 radical (unpaired) electrons. The van der Waals surface area contributed by atoms with Crippen LogP contribution in [-0.2, 0) is 4.79 Å². The van der Waals surface area contributed by atoms with Crippen molar-refractivity contribution in [2.24, 2.45) is 0 Å². The zero-order valence-electron chi connectivity index (χ0n) is 14.5. The van der Waals surface area contributed by atoms with Crippen LogP contribution in [0.1, 0.15) is 37.6 Å². The largest absolute Gasteiger partial charge is 0.345 e. The fraction of sp³-hybridized carbons (Fsp3) is 0.444. The van der Waals surface area contributed by atoms with Gasteiger partial charge in [0, 0.05) is 30.0 Å². The van der Waals surface area contributed by atoms with Crippen LogP contribution in [0.4, 0.5) is 4.39 Å². The van der Waals surface area contributed by atoms with E-state index in [1.165, 1.54) is 0 Å². The van der Waals surface area contributed by atoms with Gasteiger partial charge in [-0.1, -0.05) is 17.3 Å². The predicted molar refractivity (Wildman–Crippen MR) is 93.3 cm³/mol. The molecule has 1 amide bonds. The molecule has 26 heavy (non-hydrogen) atoms. The maximum absolute atomic E-state index is 13.0. The van der Waals surface area contributed by atoms with Crippen molar-refractivity contribution >= 4 is 17.3 Å². The number of carbonyl (C=O) groups excluding carboxylic acids is 1. The topological polar surface area (TPSA) is 77.0 Å². The highest BCUT2D eigenvalue weighted by Crippen LogP contribution is 2.29. The van der Waals surface area contributed by atoms with E-state index in [-0.39, 0.29) is 12.0 Å². The van der Waals surface area contributed by atoms with Crippen molar-refractivity contribution in [1.29, 1.82) is 0 Å². The third-order valence-electron chi connectivity index (χ3n) is 4.97. The van der Waals surface area contributed by atoms with Crippen molar-refractivity contribution in [3.8, 4) is 11.4 Å². The molecule has 0 N–H and O–H groups in total. The summed E-state index contributed by atoms with van der Waals surface area (Å²) < 4.78 is 20.2. The SMILES string of the molecule is CC(CF)n1ncc2ccc(-c3noc(C4CCN(C=O)CC4)n3)cc21. The molecule has 1 aliphatic heterocycles. The molecule has 1 saturated heterocycles. The number of halogens is 1. The summed E-state index contributed by atoms with van der Waals surface area (Å²) in [6.45, 7) is 2.72.